The van der Waals surface area contributed by atoms with Crippen LogP contribution in [0.5, 0.6) is 5.75 Å². The number of fused-ring (bicyclic) bond motifs is 1. The van der Waals surface area contributed by atoms with E-state index in [4.69, 9.17) is 4.74 Å². The molecular formula is C16H16N2O2. The Morgan fingerprint density at radius 3 is 2.90 bits per heavy atom. The summed E-state index contributed by atoms with van der Waals surface area (Å²) in [4.78, 5) is 16.6. The lowest BCUT2D eigenvalue weighted by Crippen LogP contribution is -2.04. The summed E-state index contributed by atoms with van der Waals surface area (Å²) in [6, 6.07) is 7.60. The Kier molecular flexibility index (Phi) is 3.48. The number of hydrogen-bond donors (Lipinski definition) is 1. The number of rotatable bonds is 4. The molecule has 2 heterocycles. The molecular weight excluding hydrogens is 252 g/mol. The lowest BCUT2D eigenvalue weighted by Gasteiger charge is -2.06. The second kappa shape index (κ2) is 5.43. The quantitative estimate of drug-likeness (QED) is 0.865. The van der Waals surface area contributed by atoms with E-state index in [1.807, 2.05) is 25.1 Å². The van der Waals surface area contributed by atoms with Gasteiger partial charge >= 0.3 is 0 Å². The Labute approximate surface area is 117 Å². The van der Waals surface area contributed by atoms with Crippen molar-refractivity contribution in [3.63, 3.8) is 0 Å². The van der Waals surface area contributed by atoms with Crippen LogP contribution >= 0.6 is 0 Å². The van der Waals surface area contributed by atoms with Crippen molar-refractivity contribution in [1.29, 1.82) is 0 Å². The van der Waals surface area contributed by atoms with Gasteiger partial charge in [-0.05, 0) is 30.2 Å². The predicted octanol–water partition coefficient (Wildman–Crippen LogP) is 2.31. The first-order valence-corrected chi connectivity index (χ1v) is 6.73. The Bertz CT molecular complexity index is 653. The summed E-state index contributed by atoms with van der Waals surface area (Å²) in [5, 5.41) is 3.28. The molecule has 1 aliphatic heterocycles. The highest BCUT2D eigenvalue weighted by atomic mass is 16.5. The molecule has 0 bridgehead atoms. The van der Waals surface area contributed by atoms with E-state index < -0.39 is 0 Å². The van der Waals surface area contributed by atoms with Crippen molar-refractivity contribution in [1.82, 2.24) is 10.3 Å². The molecule has 0 fully saturated rings. The molecule has 4 nitrogen and oxygen atoms in total. The summed E-state index contributed by atoms with van der Waals surface area (Å²) >= 11 is 0. The number of ketones is 1. The first-order valence-electron chi connectivity index (χ1n) is 6.73. The molecule has 0 amide bonds. The lowest BCUT2D eigenvalue weighted by atomic mass is 10.0. The maximum Gasteiger partial charge on any atom is 0.194 e. The highest BCUT2D eigenvalue weighted by Gasteiger charge is 2.15. The van der Waals surface area contributed by atoms with Gasteiger partial charge in [0.05, 0.1) is 12.8 Å². The van der Waals surface area contributed by atoms with Gasteiger partial charge in [0.1, 0.15) is 5.75 Å². The molecule has 4 heteroatoms. The third-order valence-corrected chi connectivity index (χ3v) is 3.39. The molecule has 1 N–H and O–H groups in total. The van der Waals surface area contributed by atoms with Crippen LogP contribution in [0.4, 0.5) is 0 Å². The maximum atomic E-state index is 12.5. The van der Waals surface area contributed by atoms with Crippen LogP contribution in [0.25, 0.3) is 0 Å². The van der Waals surface area contributed by atoms with Gasteiger partial charge in [-0.2, -0.15) is 0 Å². The number of pyridine rings is 1. The standard InChI is InChI=1S/C16H16N2O2/c1-2-20-15-6-14(9-18-10-15)16(19)11-3-4-12-7-17-8-13(12)5-11/h3-6,9-10,17H,2,7-8H2,1H3. The molecule has 0 unspecified atom stereocenters. The van der Waals surface area contributed by atoms with Crippen molar-refractivity contribution in [3.05, 3.63) is 58.9 Å². The molecule has 2 aromatic rings. The van der Waals surface area contributed by atoms with E-state index in [1.165, 1.54) is 11.1 Å². The average Bonchev–Trinajstić information content (AvgIpc) is 2.94. The van der Waals surface area contributed by atoms with Gasteiger partial charge < -0.3 is 10.1 Å². The number of carbonyl (C=O) groups is 1. The van der Waals surface area contributed by atoms with Crippen LogP contribution in [0.3, 0.4) is 0 Å². The number of aromatic nitrogens is 1. The lowest BCUT2D eigenvalue weighted by molar-refractivity contribution is 0.103. The summed E-state index contributed by atoms with van der Waals surface area (Å²) in [5.74, 6) is 0.606. The fourth-order valence-corrected chi connectivity index (χ4v) is 2.39. The average molecular weight is 268 g/mol. The monoisotopic (exact) mass is 268 g/mol. The van der Waals surface area contributed by atoms with Crippen LogP contribution in [0.2, 0.25) is 0 Å². The molecule has 3 rings (SSSR count). The molecule has 20 heavy (non-hydrogen) atoms. The van der Waals surface area contributed by atoms with Crippen LogP contribution in [0.1, 0.15) is 34.0 Å². The van der Waals surface area contributed by atoms with Gasteiger partial charge in [0, 0.05) is 30.4 Å². The summed E-state index contributed by atoms with van der Waals surface area (Å²) < 4.78 is 5.38. The van der Waals surface area contributed by atoms with E-state index in [-0.39, 0.29) is 5.78 Å². The third-order valence-electron chi connectivity index (χ3n) is 3.39. The predicted molar refractivity (Wildman–Crippen MR) is 75.8 cm³/mol. The number of nitrogens with zero attached hydrogens (tertiary/aromatic N) is 1. The van der Waals surface area contributed by atoms with Crippen LogP contribution in [0, 0.1) is 0 Å². The minimum Gasteiger partial charge on any atom is -0.492 e. The molecule has 0 aliphatic carbocycles. The maximum absolute atomic E-state index is 12.5. The number of ether oxygens (including phenoxy) is 1. The summed E-state index contributed by atoms with van der Waals surface area (Å²) in [6.45, 7) is 4.17. The third kappa shape index (κ3) is 2.42. The minimum absolute atomic E-state index is 0.0197. The van der Waals surface area contributed by atoms with E-state index in [0.717, 1.165) is 13.1 Å². The Morgan fingerprint density at radius 1 is 1.20 bits per heavy atom. The van der Waals surface area contributed by atoms with E-state index in [2.05, 4.69) is 10.3 Å². The first kappa shape index (κ1) is 12.8. The second-order valence-electron chi connectivity index (χ2n) is 4.76. The summed E-state index contributed by atoms with van der Waals surface area (Å²) in [7, 11) is 0. The first-order chi connectivity index (χ1) is 9.78. The Balaban J connectivity index is 1.90. The van der Waals surface area contributed by atoms with E-state index in [0.29, 0.717) is 23.5 Å². The number of hydrogen-bond acceptors (Lipinski definition) is 4. The molecule has 1 aromatic carbocycles. The van der Waals surface area contributed by atoms with Gasteiger partial charge in [-0.3, -0.25) is 9.78 Å². The molecule has 102 valence electrons. The highest BCUT2D eigenvalue weighted by Crippen LogP contribution is 2.20. The fourth-order valence-electron chi connectivity index (χ4n) is 2.39. The van der Waals surface area contributed by atoms with Crippen LogP contribution < -0.4 is 10.1 Å². The van der Waals surface area contributed by atoms with E-state index in [9.17, 15) is 4.79 Å². The zero-order chi connectivity index (χ0) is 13.9. The van der Waals surface area contributed by atoms with Crippen LogP contribution in [0.15, 0.2) is 36.7 Å². The molecule has 0 radical (unpaired) electrons. The van der Waals surface area contributed by atoms with Gasteiger partial charge in [0.15, 0.2) is 5.78 Å². The molecule has 1 aliphatic rings. The van der Waals surface area contributed by atoms with E-state index >= 15 is 0 Å². The van der Waals surface area contributed by atoms with E-state index in [1.54, 1.807) is 18.5 Å². The zero-order valence-electron chi connectivity index (χ0n) is 11.3. The fraction of sp³-hybridized carbons (Fsp3) is 0.250. The molecule has 0 saturated carbocycles. The molecule has 1 aromatic heterocycles. The number of nitrogens with one attached hydrogen (secondary N) is 1. The van der Waals surface area contributed by atoms with Gasteiger partial charge in [-0.1, -0.05) is 12.1 Å². The molecule has 0 spiro atoms. The molecule has 0 atom stereocenters. The normalized spacial score (nSPS) is 13.1. The van der Waals surface area contributed by atoms with Gasteiger partial charge in [-0.25, -0.2) is 0 Å². The van der Waals surface area contributed by atoms with Crippen molar-refractivity contribution in [2.24, 2.45) is 0 Å². The minimum atomic E-state index is -0.0197. The van der Waals surface area contributed by atoms with Crippen molar-refractivity contribution < 1.29 is 9.53 Å². The topological polar surface area (TPSA) is 51.2 Å². The van der Waals surface area contributed by atoms with Crippen LogP contribution in [-0.2, 0) is 13.1 Å². The summed E-state index contributed by atoms with van der Waals surface area (Å²) in [6.07, 6.45) is 3.20. The number of carbonyl (C=O) groups excluding carboxylic acids is 1. The van der Waals surface area contributed by atoms with Crippen molar-refractivity contribution >= 4 is 5.78 Å². The molecule has 0 saturated heterocycles. The zero-order valence-corrected chi connectivity index (χ0v) is 11.3. The van der Waals surface area contributed by atoms with Crippen LogP contribution in [-0.4, -0.2) is 17.4 Å². The van der Waals surface area contributed by atoms with Gasteiger partial charge in [0.2, 0.25) is 0 Å². The Hall–Kier alpha value is -2.20. The van der Waals surface area contributed by atoms with Crippen molar-refractivity contribution in [3.8, 4) is 5.75 Å². The highest BCUT2D eigenvalue weighted by molar-refractivity contribution is 6.09. The van der Waals surface area contributed by atoms with Gasteiger partial charge in [-0.15, -0.1) is 0 Å². The SMILES string of the molecule is CCOc1cncc(C(=O)c2ccc3c(c2)CNC3)c1. The number of benzene rings is 1. The van der Waals surface area contributed by atoms with Crippen molar-refractivity contribution in [2.75, 3.05) is 6.61 Å². The second-order valence-corrected chi connectivity index (χ2v) is 4.76. The summed E-state index contributed by atoms with van der Waals surface area (Å²) in [5.41, 5.74) is 3.72. The van der Waals surface area contributed by atoms with Crippen molar-refractivity contribution in [2.45, 2.75) is 20.0 Å². The Morgan fingerprint density at radius 2 is 2.05 bits per heavy atom. The smallest absolute Gasteiger partial charge is 0.194 e. The largest absolute Gasteiger partial charge is 0.492 e. The van der Waals surface area contributed by atoms with Gasteiger partial charge in [0.25, 0.3) is 0 Å².